The third-order valence-electron chi connectivity index (χ3n) is 4.97. The Hall–Kier alpha value is -3.35. The molecule has 0 saturated carbocycles. The van der Waals surface area contributed by atoms with Crippen LogP contribution in [0.2, 0.25) is 0 Å². The first-order valence-corrected chi connectivity index (χ1v) is 13.7. The largest absolute Gasteiger partial charge is 0.587 e. The van der Waals surface area contributed by atoms with Gasteiger partial charge in [-0.25, -0.2) is 14.2 Å². The molecule has 0 aliphatic carbocycles. The number of unbranched alkanes of at least 4 members (excludes halogenated alkanes) is 5. The van der Waals surface area contributed by atoms with Gasteiger partial charge in [-0.3, -0.25) is 4.52 Å². The monoisotopic (exact) mass is 530 g/mol. The smallest absolute Gasteiger partial charge is 0.419 e. The number of phosphoric acid groups is 1. The van der Waals surface area contributed by atoms with E-state index in [4.69, 9.17) is 23.0 Å². The van der Waals surface area contributed by atoms with Gasteiger partial charge >= 0.3 is 19.8 Å². The van der Waals surface area contributed by atoms with Crippen molar-refractivity contribution < 1.29 is 37.2 Å². The van der Waals surface area contributed by atoms with Gasteiger partial charge < -0.3 is 18.5 Å². The highest BCUT2D eigenvalue weighted by molar-refractivity contribution is 7.49. The lowest BCUT2D eigenvalue weighted by molar-refractivity contribution is -0.131. The zero-order valence-electron chi connectivity index (χ0n) is 21.7. The van der Waals surface area contributed by atoms with E-state index >= 15 is 0 Å². The summed E-state index contributed by atoms with van der Waals surface area (Å²) < 4.78 is 41.6. The van der Waals surface area contributed by atoms with Gasteiger partial charge in [-0.1, -0.05) is 76.5 Å². The Morgan fingerprint density at radius 2 is 1.11 bits per heavy atom. The molecule has 0 spiro atoms. The van der Waals surface area contributed by atoms with Gasteiger partial charge in [0.15, 0.2) is 23.0 Å². The normalized spacial score (nSPS) is 10.9. The Labute approximate surface area is 218 Å². The van der Waals surface area contributed by atoms with Crippen LogP contribution in [0.3, 0.4) is 0 Å². The maximum atomic E-state index is 13.8. The number of para-hydroxylation sites is 4. The van der Waals surface area contributed by atoms with Crippen molar-refractivity contribution in [3.05, 3.63) is 72.8 Å². The predicted molar refractivity (Wildman–Crippen MR) is 142 cm³/mol. The van der Waals surface area contributed by atoms with Crippen LogP contribution in [0.5, 0.6) is 23.0 Å². The highest BCUT2D eigenvalue weighted by atomic mass is 31.2. The second-order valence-corrected chi connectivity index (χ2v) is 9.98. The maximum absolute atomic E-state index is 13.8. The standard InChI is InChI=1S/C28H35O8P/c1-6-7-8-9-10-15-20-32-37(31,35-25-18-13-11-16-23(25)33-27(29)21(2)3)36-26-19-14-12-17-24(26)34-28(30)22(4)5/h11-14,16-19H,2,4,6-10,15,20H2,1,3,5H3. The highest BCUT2D eigenvalue weighted by Gasteiger charge is 2.33. The number of ether oxygens (including phenoxy) is 2. The summed E-state index contributed by atoms with van der Waals surface area (Å²) >= 11 is 0. The van der Waals surface area contributed by atoms with Gasteiger partial charge in [0.1, 0.15) is 0 Å². The van der Waals surface area contributed by atoms with Crippen molar-refractivity contribution in [1.82, 2.24) is 0 Å². The van der Waals surface area contributed by atoms with Gasteiger partial charge in [0.2, 0.25) is 0 Å². The van der Waals surface area contributed by atoms with Crippen molar-refractivity contribution >= 4 is 19.8 Å². The fourth-order valence-electron chi connectivity index (χ4n) is 2.96. The molecule has 0 unspecified atom stereocenters. The van der Waals surface area contributed by atoms with E-state index in [0.717, 1.165) is 32.1 Å². The van der Waals surface area contributed by atoms with Crippen LogP contribution in [0.1, 0.15) is 59.3 Å². The number of esters is 2. The first kappa shape index (κ1) is 29.9. The van der Waals surface area contributed by atoms with Crippen LogP contribution >= 0.6 is 7.82 Å². The van der Waals surface area contributed by atoms with E-state index in [1.165, 1.54) is 38.1 Å². The van der Waals surface area contributed by atoms with Crippen LogP contribution in [0.15, 0.2) is 72.8 Å². The SMILES string of the molecule is C=C(C)C(=O)Oc1ccccc1OP(=O)(OCCCCCCCC)Oc1ccccc1OC(=O)C(=C)C. The molecule has 9 heteroatoms. The van der Waals surface area contributed by atoms with Crippen LogP contribution in [0, 0.1) is 0 Å². The summed E-state index contributed by atoms with van der Waals surface area (Å²) in [7, 11) is -4.34. The first-order valence-electron chi connectivity index (χ1n) is 12.2. The van der Waals surface area contributed by atoms with E-state index < -0.39 is 19.8 Å². The number of rotatable bonds is 16. The molecule has 0 N–H and O–H groups in total. The molecule has 2 aromatic rings. The molecule has 200 valence electrons. The van der Waals surface area contributed by atoms with Gasteiger partial charge in [0.05, 0.1) is 6.61 Å². The van der Waals surface area contributed by atoms with E-state index in [2.05, 4.69) is 20.1 Å². The molecule has 0 aliphatic heterocycles. The topological polar surface area (TPSA) is 97.4 Å². The van der Waals surface area contributed by atoms with Gasteiger partial charge in [0.25, 0.3) is 0 Å². The lowest BCUT2D eigenvalue weighted by Gasteiger charge is -2.21. The fourth-order valence-corrected chi connectivity index (χ4v) is 4.24. The summed E-state index contributed by atoms with van der Waals surface area (Å²) in [5, 5.41) is 0. The summed E-state index contributed by atoms with van der Waals surface area (Å²) in [5.74, 6) is -1.36. The van der Waals surface area contributed by atoms with E-state index in [-0.39, 0.29) is 40.8 Å². The Morgan fingerprint density at radius 1 is 0.703 bits per heavy atom. The molecule has 2 aromatic carbocycles. The van der Waals surface area contributed by atoms with Crippen LogP contribution in [-0.2, 0) is 18.7 Å². The molecule has 0 amide bonds. The Kier molecular flexibility index (Phi) is 12.1. The van der Waals surface area contributed by atoms with Crippen molar-refractivity contribution in [2.45, 2.75) is 59.3 Å². The molecule has 2 rings (SSSR count). The minimum atomic E-state index is -4.34. The Morgan fingerprint density at radius 3 is 1.54 bits per heavy atom. The van der Waals surface area contributed by atoms with E-state index in [1.54, 1.807) is 24.3 Å². The molecular formula is C28H35O8P. The number of benzene rings is 2. The molecule has 37 heavy (non-hydrogen) atoms. The second-order valence-electron chi connectivity index (χ2n) is 8.46. The van der Waals surface area contributed by atoms with Gasteiger partial charge in [-0.05, 0) is 44.5 Å². The molecule has 0 radical (unpaired) electrons. The zero-order valence-corrected chi connectivity index (χ0v) is 22.6. The minimum absolute atomic E-state index is 0.0180. The third-order valence-corrected chi connectivity index (χ3v) is 6.31. The summed E-state index contributed by atoms with van der Waals surface area (Å²) in [4.78, 5) is 24.2. The molecular weight excluding hydrogens is 495 g/mol. The molecule has 0 heterocycles. The van der Waals surface area contributed by atoms with Crippen LogP contribution < -0.4 is 18.5 Å². The summed E-state index contributed by atoms with van der Waals surface area (Å²) in [6.07, 6.45) is 5.97. The van der Waals surface area contributed by atoms with Gasteiger partial charge in [-0.15, -0.1) is 0 Å². The second kappa shape index (κ2) is 15.0. The third kappa shape index (κ3) is 10.3. The first-order chi connectivity index (χ1) is 17.6. The van der Waals surface area contributed by atoms with Gasteiger partial charge in [-0.2, -0.15) is 0 Å². The summed E-state index contributed by atoms with van der Waals surface area (Å²) in [6.45, 7) is 12.4. The molecule has 0 atom stereocenters. The van der Waals surface area contributed by atoms with E-state index in [1.807, 2.05) is 0 Å². The summed E-state index contributed by atoms with van der Waals surface area (Å²) in [5.41, 5.74) is 0.364. The number of carbonyl (C=O) groups excluding carboxylic acids is 2. The van der Waals surface area contributed by atoms with Crippen molar-refractivity contribution in [3.63, 3.8) is 0 Å². The fraction of sp³-hybridized carbons (Fsp3) is 0.357. The molecule has 0 saturated heterocycles. The van der Waals surface area contributed by atoms with Crippen molar-refractivity contribution in [2.24, 2.45) is 0 Å². The average molecular weight is 531 g/mol. The lowest BCUT2D eigenvalue weighted by atomic mass is 10.1. The maximum Gasteiger partial charge on any atom is 0.587 e. The van der Waals surface area contributed by atoms with E-state index in [9.17, 15) is 14.2 Å². The number of carbonyl (C=O) groups is 2. The van der Waals surface area contributed by atoms with Crippen LogP contribution in [-0.4, -0.2) is 18.5 Å². The highest BCUT2D eigenvalue weighted by Crippen LogP contribution is 2.53. The van der Waals surface area contributed by atoms with Gasteiger partial charge in [0, 0.05) is 11.1 Å². The number of hydrogen-bond acceptors (Lipinski definition) is 8. The number of hydrogen-bond donors (Lipinski definition) is 0. The zero-order chi connectivity index (χ0) is 27.3. The van der Waals surface area contributed by atoms with E-state index in [0.29, 0.717) is 6.42 Å². The molecule has 0 fully saturated rings. The molecule has 0 bridgehead atoms. The lowest BCUT2D eigenvalue weighted by Crippen LogP contribution is -2.12. The quantitative estimate of drug-likeness (QED) is 0.0720. The van der Waals surface area contributed by atoms with Crippen molar-refractivity contribution in [1.29, 1.82) is 0 Å². The summed E-state index contributed by atoms with van der Waals surface area (Å²) in [6, 6.07) is 12.4. The Bertz CT molecular complexity index is 1060. The van der Waals surface area contributed by atoms with Crippen molar-refractivity contribution in [2.75, 3.05) is 6.61 Å². The van der Waals surface area contributed by atoms with Crippen LogP contribution in [0.25, 0.3) is 0 Å². The predicted octanol–water partition coefficient (Wildman–Crippen LogP) is 7.59. The van der Waals surface area contributed by atoms with Crippen LogP contribution in [0.4, 0.5) is 0 Å². The number of phosphoric ester groups is 1. The average Bonchev–Trinajstić information content (AvgIpc) is 2.85. The Balaban J connectivity index is 2.28. The molecule has 0 aromatic heterocycles. The van der Waals surface area contributed by atoms with Crippen molar-refractivity contribution in [3.8, 4) is 23.0 Å². The molecule has 8 nitrogen and oxygen atoms in total. The minimum Gasteiger partial charge on any atom is -0.419 e. The molecule has 0 aliphatic rings.